The van der Waals surface area contributed by atoms with Crippen LogP contribution in [0.3, 0.4) is 0 Å². The summed E-state index contributed by atoms with van der Waals surface area (Å²) in [5.74, 6) is -2.70. The maximum Gasteiger partial charge on any atom is 0.355 e. The minimum absolute atomic E-state index is 0.126. The number of nitrogens with zero attached hydrogens (tertiary/aromatic N) is 1. The number of para-hydroxylation sites is 1. The molecule has 7 heteroatoms. The van der Waals surface area contributed by atoms with Crippen LogP contribution in [-0.4, -0.2) is 16.1 Å². The van der Waals surface area contributed by atoms with E-state index in [0.29, 0.717) is 4.88 Å². The van der Waals surface area contributed by atoms with E-state index < -0.39 is 17.6 Å². The molecular formula is C11H8F2N2O2S. The summed E-state index contributed by atoms with van der Waals surface area (Å²) in [5, 5.41) is 11.4. The van der Waals surface area contributed by atoms with Crippen molar-refractivity contribution >= 4 is 28.1 Å². The molecule has 94 valence electrons. The number of halogens is 2. The average molecular weight is 270 g/mol. The lowest BCUT2D eigenvalue weighted by Gasteiger charge is -2.04. The van der Waals surface area contributed by atoms with E-state index >= 15 is 0 Å². The number of hydrogen-bond acceptors (Lipinski definition) is 4. The first-order valence-electron chi connectivity index (χ1n) is 4.91. The van der Waals surface area contributed by atoms with Gasteiger partial charge in [-0.1, -0.05) is 6.07 Å². The van der Waals surface area contributed by atoms with Crippen molar-refractivity contribution in [3.63, 3.8) is 0 Å². The fraction of sp³-hybridized carbons (Fsp3) is 0.0909. The van der Waals surface area contributed by atoms with Crippen LogP contribution in [0.15, 0.2) is 18.2 Å². The van der Waals surface area contributed by atoms with Gasteiger partial charge in [0, 0.05) is 4.88 Å². The number of anilines is 2. The Balaban J connectivity index is 2.35. The van der Waals surface area contributed by atoms with E-state index in [-0.39, 0.29) is 16.5 Å². The summed E-state index contributed by atoms with van der Waals surface area (Å²) in [5.41, 5.74) is -0.470. The molecule has 0 radical (unpaired) electrons. The maximum atomic E-state index is 13.4. The lowest BCUT2D eigenvalue weighted by molar-refractivity contribution is 0.0690. The molecule has 2 N–H and O–H groups in total. The molecule has 18 heavy (non-hydrogen) atoms. The van der Waals surface area contributed by atoms with Gasteiger partial charge in [-0.2, -0.15) is 0 Å². The van der Waals surface area contributed by atoms with Gasteiger partial charge in [0.05, 0.1) is 0 Å². The lowest BCUT2D eigenvalue weighted by Crippen LogP contribution is -2.00. The topological polar surface area (TPSA) is 62.2 Å². The van der Waals surface area contributed by atoms with Crippen LogP contribution >= 0.6 is 11.3 Å². The highest BCUT2D eigenvalue weighted by Crippen LogP contribution is 2.28. The van der Waals surface area contributed by atoms with Crippen molar-refractivity contribution in [3.05, 3.63) is 40.4 Å². The van der Waals surface area contributed by atoms with E-state index in [1.54, 1.807) is 6.92 Å². The van der Waals surface area contributed by atoms with Crippen molar-refractivity contribution in [3.8, 4) is 0 Å². The van der Waals surface area contributed by atoms with E-state index in [9.17, 15) is 13.6 Å². The highest BCUT2D eigenvalue weighted by molar-refractivity contribution is 7.15. The third kappa shape index (κ3) is 2.30. The summed E-state index contributed by atoms with van der Waals surface area (Å²) in [7, 11) is 0. The van der Waals surface area contributed by atoms with Crippen LogP contribution in [0, 0.1) is 18.6 Å². The number of hydrogen-bond donors (Lipinski definition) is 2. The Hall–Kier alpha value is -2.02. The smallest absolute Gasteiger partial charge is 0.355 e. The summed E-state index contributed by atoms with van der Waals surface area (Å²) in [4.78, 5) is 15.0. The van der Waals surface area contributed by atoms with Crippen LogP contribution in [0.1, 0.15) is 15.4 Å². The van der Waals surface area contributed by atoms with Gasteiger partial charge in [0.2, 0.25) is 0 Å². The van der Waals surface area contributed by atoms with Crippen LogP contribution in [0.4, 0.5) is 19.6 Å². The van der Waals surface area contributed by atoms with Crippen LogP contribution in [0.25, 0.3) is 0 Å². The number of benzene rings is 1. The van der Waals surface area contributed by atoms with Crippen molar-refractivity contribution in [1.82, 2.24) is 4.98 Å². The molecule has 0 saturated carbocycles. The Morgan fingerprint density at radius 1 is 1.39 bits per heavy atom. The highest BCUT2D eigenvalue weighted by Gasteiger charge is 2.16. The number of nitrogens with one attached hydrogen (secondary N) is 1. The van der Waals surface area contributed by atoms with Crippen molar-refractivity contribution in [1.29, 1.82) is 0 Å². The van der Waals surface area contributed by atoms with Gasteiger partial charge in [0.25, 0.3) is 0 Å². The van der Waals surface area contributed by atoms with Crippen LogP contribution < -0.4 is 5.32 Å². The third-order valence-corrected chi connectivity index (χ3v) is 3.08. The van der Waals surface area contributed by atoms with Gasteiger partial charge in [-0.05, 0) is 19.1 Å². The molecule has 0 unspecified atom stereocenters. The number of aromatic carboxylic acids is 1. The van der Waals surface area contributed by atoms with Crippen molar-refractivity contribution in [2.75, 3.05) is 5.32 Å². The first-order chi connectivity index (χ1) is 8.49. The van der Waals surface area contributed by atoms with Crippen molar-refractivity contribution < 1.29 is 18.7 Å². The van der Waals surface area contributed by atoms with E-state index in [1.165, 1.54) is 6.07 Å². The molecule has 0 aliphatic rings. The minimum atomic E-state index is -1.18. The predicted molar refractivity (Wildman–Crippen MR) is 63.5 cm³/mol. The Kier molecular flexibility index (Phi) is 3.24. The first-order valence-corrected chi connectivity index (χ1v) is 5.72. The van der Waals surface area contributed by atoms with E-state index in [4.69, 9.17) is 5.11 Å². The molecule has 0 atom stereocenters. The Morgan fingerprint density at radius 3 is 2.50 bits per heavy atom. The maximum absolute atomic E-state index is 13.4. The lowest BCUT2D eigenvalue weighted by atomic mass is 10.3. The Morgan fingerprint density at radius 2 is 2.00 bits per heavy atom. The summed E-state index contributed by atoms with van der Waals surface area (Å²) in [6.07, 6.45) is 0. The quantitative estimate of drug-likeness (QED) is 0.899. The second-order valence-electron chi connectivity index (χ2n) is 3.45. The minimum Gasteiger partial charge on any atom is -0.476 e. The zero-order valence-electron chi connectivity index (χ0n) is 9.20. The first kappa shape index (κ1) is 12.4. The van der Waals surface area contributed by atoms with Gasteiger partial charge < -0.3 is 10.4 Å². The second-order valence-corrected chi connectivity index (χ2v) is 4.65. The molecular weight excluding hydrogens is 262 g/mol. The monoisotopic (exact) mass is 270 g/mol. The highest BCUT2D eigenvalue weighted by atomic mass is 32.1. The largest absolute Gasteiger partial charge is 0.476 e. The van der Waals surface area contributed by atoms with Crippen LogP contribution in [0.2, 0.25) is 0 Å². The van der Waals surface area contributed by atoms with Crippen molar-refractivity contribution in [2.45, 2.75) is 6.92 Å². The molecule has 0 aliphatic carbocycles. The van der Waals surface area contributed by atoms with Gasteiger partial charge in [0.15, 0.2) is 10.8 Å². The number of carboxylic acid groups (broad SMARTS) is 1. The molecule has 4 nitrogen and oxygen atoms in total. The fourth-order valence-electron chi connectivity index (χ4n) is 1.37. The average Bonchev–Trinajstić information content (AvgIpc) is 2.65. The molecule has 0 spiro atoms. The normalized spacial score (nSPS) is 10.4. The molecule has 1 heterocycles. The van der Waals surface area contributed by atoms with Crippen LogP contribution in [0.5, 0.6) is 0 Å². The molecule has 0 amide bonds. The number of carboxylic acids is 1. The number of rotatable bonds is 3. The zero-order chi connectivity index (χ0) is 13.3. The molecule has 0 bridgehead atoms. The Bertz CT molecular complexity index is 593. The molecule has 1 aromatic carbocycles. The van der Waals surface area contributed by atoms with E-state index in [2.05, 4.69) is 10.3 Å². The third-order valence-electron chi connectivity index (χ3n) is 2.19. The zero-order valence-corrected chi connectivity index (χ0v) is 10.0. The summed E-state index contributed by atoms with van der Waals surface area (Å²) in [6.45, 7) is 1.57. The fourth-order valence-corrected chi connectivity index (χ4v) is 2.18. The summed E-state index contributed by atoms with van der Waals surface area (Å²) in [6, 6.07) is 3.44. The molecule has 0 fully saturated rings. The summed E-state index contributed by atoms with van der Waals surface area (Å²) < 4.78 is 26.7. The van der Waals surface area contributed by atoms with Gasteiger partial charge in [-0.3, -0.25) is 0 Å². The molecule has 2 aromatic rings. The number of aryl methyl sites for hydroxylation is 1. The SMILES string of the molecule is Cc1sc(Nc2c(F)cccc2F)nc1C(=O)O. The Labute approximate surface area is 105 Å². The molecule has 2 rings (SSSR count). The van der Waals surface area contributed by atoms with Gasteiger partial charge >= 0.3 is 5.97 Å². The van der Waals surface area contributed by atoms with Crippen LogP contribution in [-0.2, 0) is 0 Å². The number of thiazole rings is 1. The van der Waals surface area contributed by atoms with Gasteiger partial charge in [0.1, 0.15) is 17.3 Å². The van der Waals surface area contributed by atoms with Gasteiger partial charge in [-0.15, -0.1) is 11.3 Å². The molecule has 0 aliphatic heterocycles. The standard InChI is InChI=1S/C11H8F2N2O2S/c1-5-8(10(16)17)14-11(18-5)15-9-6(12)3-2-4-7(9)13/h2-4H,1H3,(H,14,15)(H,16,17). The molecule has 0 saturated heterocycles. The van der Waals surface area contributed by atoms with Crippen molar-refractivity contribution in [2.24, 2.45) is 0 Å². The summed E-state index contributed by atoms with van der Waals surface area (Å²) >= 11 is 1.02. The van der Waals surface area contributed by atoms with Gasteiger partial charge in [-0.25, -0.2) is 18.6 Å². The number of aromatic nitrogens is 1. The second kappa shape index (κ2) is 4.69. The number of carbonyl (C=O) groups is 1. The molecule has 1 aromatic heterocycles. The van der Waals surface area contributed by atoms with E-state index in [0.717, 1.165) is 23.5 Å². The predicted octanol–water partition coefficient (Wildman–Crippen LogP) is 3.17. The van der Waals surface area contributed by atoms with E-state index in [1.807, 2.05) is 0 Å².